The number of amides is 1. The maximum Gasteiger partial charge on any atom is 0.256 e. The van der Waals surface area contributed by atoms with Gasteiger partial charge in [0, 0.05) is 24.9 Å². The molecule has 1 amide bonds. The summed E-state index contributed by atoms with van der Waals surface area (Å²) in [6, 6.07) is 8.25. The van der Waals surface area contributed by atoms with E-state index in [-0.39, 0.29) is 5.91 Å². The van der Waals surface area contributed by atoms with Gasteiger partial charge in [-0.1, -0.05) is 13.3 Å². The Morgan fingerprint density at radius 1 is 1.22 bits per heavy atom. The molecule has 1 fully saturated rings. The first-order valence-electron chi connectivity index (χ1n) is 10.3. The average molecular weight is 377 g/mol. The lowest BCUT2D eigenvalue weighted by atomic mass is 10.0. The third-order valence-electron chi connectivity index (χ3n) is 5.13. The first-order valence-corrected chi connectivity index (χ1v) is 10.3. The van der Waals surface area contributed by atoms with Gasteiger partial charge >= 0.3 is 0 Å². The zero-order valence-electron chi connectivity index (χ0n) is 17.4. The van der Waals surface area contributed by atoms with Gasteiger partial charge in [0.25, 0.3) is 5.91 Å². The van der Waals surface area contributed by atoms with Gasteiger partial charge in [-0.2, -0.15) is 0 Å². The monoisotopic (exact) mass is 376 g/mol. The minimum atomic E-state index is -0.837. The molecule has 5 nitrogen and oxygen atoms in total. The van der Waals surface area contributed by atoms with Crippen molar-refractivity contribution in [1.82, 2.24) is 4.90 Å². The van der Waals surface area contributed by atoms with Crippen molar-refractivity contribution in [1.29, 1.82) is 0 Å². The van der Waals surface area contributed by atoms with Crippen LogP contribution in [0.1, 0.15) is 59.8 Å². The molecule has 1 aliphatic rings. The number of benzene rings is 1. The molecule has 1 saturated heterocycles. The van der Waals surface area contributed by atoms with E-state index in [1.807, 2.05) is 31.2 Å². The molecule has 0 aromatic heterocycles. The summed E-state index contributed by atoms with van der Waals surface area (Å²) in [5, 5.41) is 2.91. The number of piperidine rings is 1. The van der Waals surface area contributed by atoms with Gasteiger partial charge in [0.15, 0.2) is 0 Å². The van der Waals surface area contributed by atoms with Crippen LogP contribution in [0.15, 0.2) is 24.3 Å². The van der Waals surface area contributed by atoms with Crippen molar-refractivity contribution in [2.24, 2.45) is 0 Å². The van der Waals surface area contributed by atoms with Gasteiger partial charge in [-0.15, -0.1) is 0 Å². The molecule has 1 N–H and O–H groups in total. The molecule has 1 aromatic rings. The SMILES string of the molecule is CCCOC(C)(C)C(=O)Nc1ccc(OCCCN2CCCC[C@H]2C)cc1. The smallest absolute Gasteiger partial charge is 0.256 e. The van der Waals surface area contributed by atoms with Crippen molar-refractivity contribution in [3.63, 3.8) is 0 Å². The number of nitrogens with zero attached hydrogens (tertiary/aromatic N) is 1. The number of ether oxygens (including phenoxy) is 2. The lowest BCUT2D eigenvalue weighted by molar-refractivity contribution is -0.137. The molecule has 0 saturated carbocycles. The van der Waals surface area contributed by atoms with Gasteiger partial charge < -0.3 is 19.7 Å². The van der Waals surface area contributed by atoms with Gasteiger partial charge in [0.1, 0.15) is 11.4 Å². The summed E-state index contributed by atoms with van der Waals surface area (Å²) in [7, 11) is 0. The van der Waals surface area contributed by atoms with E-state index in [1.165, 1.54) is 25.8 Å². The second kappa shape index (κ2) is 10.7. The minimum Gasteiger partial charge on any atom is -0.494 e. The highest BCUT2D eigenvalue weighted by molar-refractivity contribution is 5.96. The van der Waals surface area contributed by atoms with Crippen molar-refractivity contribution >= 4 is 11.6 Å². The third kappa shape index (κ3) is 7.15. The maximum atomic E-state index is 12.3. The van der Waals surface area contributed by atoms with Crippen LogP contribution >= 0.6 is 0 Å². The Hall–Kier alpha value is -1.59. The van der Waals surface area contributed by atoms with Crippen LogP contribution in [0, 0.1) is 0 Å². The Morgan fingerprint density at radius 3 is 2.63 bits per heavy atom. The average Bonchev–Trinajstić information content (AvgIpc) is 2.66. The normalized spacial score (nSPS) is 18.3. The maximum absolute atomic E-state index is 12.3. The number of nitrogens with one attached hydrogen (secondary N) is 1. The van der Waals surface area contributed by atoms with Crippen molar-refractivity contribution < 1.29 is 14.3 Å². The highest BCUT2D eigenvalue weighted by Crippen LogP contribution is 2.19. The molecule has 1 heterocycles. The summed E-state index contributed by atoms with van der Waals surface area (Å²) < 4.78 is 11.5. The number of carbonyl (C=O) groups is 1. The lowest BCUT2D eigenvalue weighted by Crippen LogP contribution is -2.40. The molecular formula is C22H36N2O3. The Kier molecular flexibility index (Phi) is 8.58. The van der Waals surface area contributed by atoms with Crippen LogP contribution in [-0.2, 0) is 9.53 Å². The number of hydrogen-bond acceptors (Lipinski definition) is 4. The van der Waals surface area contributed by atoms with Gasteiger partial charge in [0.05, 0.1) is 6.61 Å². The summed E-state index contributed by atoms with van der Waals surface area (Å²) in [5.41, 5.74) is -0.0841. The molecule has 27 heavy (non-hydrogen) atoms. The van der Waals surface area contributed by atoms with Crippen molar-refractivity contribution in [2.45, 2.75) is 71.4 Å². The Labute approximate surface area is 164 Å². The van der Waals surface area contributed by atoms with E-state index >= 15 is 0 Å². The molecule has 1 aromatic carbocycles. The van der Waals surface area contributed by atoms with E-state index in [2.05, 4.69) is 17.1 Å². The first kappa shape index (κ1) is 21.7. The van der Waals surface area contributed by atoms with E-state index in [1.54, 1.807) is 13.8 Å². The molecule has 0 bridgehead atoms. The van der Waals surface area contributed by atoms with Crippen LogP contribution in [0.25, 0.3) is 0 Å². The fourth-order valence-corrected chi connectivity index (χ4v) is 3.29. The zero-order chi connectivity index (χ0) is 19.7. The molecule has 1 atom stereocenters. The van der Waals surface area contributed by atoms with Crippen LogP contribution in [0.5, 0.6) is 5.75 Å². The van der Waals surface area contributed by atoms with Gasteiger partial charge in [-0.3, -0.25) is 4.79 Å². The minimum absolute atomic E-state index is 0.139. The molecule has 0 spiro atoms. The van der Waals surface area contributed by atoms with Crippen molar-refractivity contribution in [3.05, 3.63) is 24.3 Å². The number of likely N-dealkylation sites (tertiary alicyclic amines) is 1. The molecule has 0 aliphatic carbocycles. The summed E-state index contributed by atoms with van der Waals surface area (Å²) in [6.07, 6.45) is 5.91. The zero-order valence-corrected chi connectivity index (χ0v) is 17.4. The molecule has 0 unspecified atom stereocenters. The predicted molar refractivity (Wildman–Crippen MR) is 110 cm³/mol. The highest BCUT2D eigenvalue weighted by Gasteiger charge is 2.28. The quantitative estimate of drug-likeness (QED) is 0.612. The highest BCUT2D eigenvalue weighted by atomic mass is 16.5. The van der Waals surface area contributed by atoms with E-state index in [4.69, 9.17) is 9.47 Å². The Morgan fingerprint density at radius 2 is 1.96 bits per heavy atom. The standard InChI is InChI=1S/C22H36N2O3/c1-5-16-27-22(3,4)21(25)23-19-10-12-20(13-11-19)26-17-8-15-24-14-7-6-9-18(24)2/h10-13,18H,5-9,14-17H2,1-4H3,(H,23,25)/t18-/m1/s1. The fourth-order valence-electron chi connectivity index (χ4n) is 3.29. The van der Waals surface area contributed by atoms with E-state index < -0.39 is 5.60 Å². The summed E-state index contributed by atoms with van der Waals surface area (Å²) in [6.45, 7) is 11.5. The molecule has 0 radical (unpaired) electrons. The molecule has 2 rings (SSSR count). The van der Waals surface area contributed by atoms with Crippen LogP contribution in [0.4, 0.5) is 5.69 Å². The molecular weight excluding hydrogens is 340 g/mol. The molecule has 1 aliphatic heterocycles. The predicted octanol–water partition coefficient (Wildman–Crippen LogP) is 4.47. The van der Waals surface area contributed by atoms with Crippen LogP contribution in [-0.4, -0.2) is 48.8 Å². The van der Waals surface area contributed by atoms with Gasteiger partial charge in [-0.05, 0) is 77.3 Å². The number of anilines is 1. The van der Waals surface area contributed by atoms with Gasteiger partial charge in [0.2, 0.25) is 0 Å². The Bertz CT molecular complexity index is 571. The summed E-state index contributed by atoms with van der Waals surface area (Å²) in [5.74, 6) is 0.696. The van der Waals surface area contributed by atoms with Gasteiger partial charge in [-0.25, -0.2) is 0 Å². The third-order valence-corrected chi connectivity index (χ3v) is 5.13. The molecule has 5 heteroatoms. The van der Waals surface area contributed by atoms with Crippen LogP contribution < -0.4 is 10.1 Å². The lowest BCUT2D eigenvalue weighted by Gasteiger charge is -2.33. The van der Waals surface area contributed by atoms with E-state index in [0.717, 1.165) is 30.8 Å². The second-order valence-corrected chi connectivity index (χ2v) is 7.92. The fraction of sp³-hybridized carbons (Fsp3) is 0.682. The van der Waals surface area contributed by atoms with Crippen molar-refractivity contribution in [3.8, 4) is 5.75 Å². The number of rotatable bonds is 10. The van der Waals surface area contributed by atoms with E-state index in [9.17, 15) is 4.79 Å². The Balaban J connectivity index is 1.72. The van der Waals surface area contributed by atoms with Crippen LogP contribution in [0.3, 0.4) is 0 Å². The summed E-state index contributed by atoms with van der Waals surface area (Å²) >= 11 is 0. The second-order valence-electron chi connectivity index (χ2n) is 7.92. The number of hydrogen-bond donors (Lipinski definition) is 1. The van der Waals surface area contributed by atoms with Crippen LogP contribution in [0.2, 0.25) is 0 Å². The largest absolute Gasteiger partial charge is 0.494 e. The topological polar surface area (TPSA) is 50.8 Å². The summed E-state index contributed by atoms with van der Waals surface area (Å²) in [4.78, 5) is 14.9. The molecule has 152 valence electrons. The van der Waals surface area contributed by atoms with E-state index in [0.29, 0.717) is 19.3 Å². The van der Waals surface area contributed by atoms with Crippen molar-refractivity contribution in [2.75, 3.05) is 31.6 Å². The number of carbonyl (C=O) groups excluding carboxylic acids is 1. The first-order chi connectivity index (χ1) is 12.9.